The Hall–Kier alpha value is -2.12. The summed E-state index contributed by atoms with van der Waals surface area (Å²) in [5, 5.41) is 0. The lowest BCUT2D eigenvalue weighted by Gasteiger charge is -2.40. The quantitative estimate of drug-likeness (QED) is 0.569. The predicted octanol–water partition coefficient (Wildman–Crippen LogP) is 4.83. The molecule has 178 valence electrons. The molecule has 3 rings (SSSR count). The van der Waals surface area contributed by atoms with Gasteiger partial charge in [-0.1, -0.05) is 13.8 Å². The zero-order valence-corrected chi connectivity index (χ0v) is 20.9. The van der Waals surface area contributed by atoms with Crippen LogP contribution < -0.4 is 4.90 Å². The van der Waals surface area contributed by atoms with Gasteiger partial charge in [0.1, 0.15) is 11.5 Å². The molecule has 0 bridgehead atoms. The minimum Gasteiger partial charge on any atom is -0.467 e. The van der Waals surface area contributed by atoms with E-state index in [-0.39, 0.29) is 0 Å². The molecular formula is C25H39N3O4. The Morgan fingerprint density at radius 1 is 1.25 bits per heavy atom. The fraction of sp³-hybridized carbons (Fsp3) is 0.680. The predicted molar refractivity (Wildman–Crippen MR) is 126 cm³/mol. The summed E-state index contributed by atoms with van der Waals surface area (Å²) in [4.78, 5) is 20.1. The topological polar surface area (TPSA) is 65.3 Å². The number of imidazole rings is 1. The molecule has 0 spiro atoms. The van der Waals surface area contributed by atoms with Crippen LogP contribution in [0.5, 0.6) is 0 Å². The first-order valence-corrected chi connectivity index (χ1v) is 11.6. The highest BCUT2D eigenvalue weighted by atomic mass is 16.6. The average molecular weight is 446 g/mol. The van der Waals surface area contributed by atoms with E-state index in [2.05, 4.69) is 23.1 Å². The van der Waals surface area contributed by atoms with E-state index in [1.807, 2.05) is 46.9 Å². The molecule has 0 amide bonds. The minimum atomic E-state index is -0.827. The molecule has 3 heterocycles. The molecule has 2 aromatic heterocycles. The van der Waals surface area contributed by atoms with Crippen molar-refractivity contribution in [1.29, 1.82) is 0 Å². The van der Waals surface area contributed by atoms with Gasteiger partial charge in [0, 0.05) is 31.5 Å². The molecule has 1 unspecified atom stereocenters. The standard InChI is InChI=1S/C25H39N3O4/c1-9-31-16-18-15-28-19(26-18)14-17(2)20(21(23(29)30-8)32-24(3,4)5)22(28)27-12-10-25(6,7)11-13-27/h14-15,21H,9-13,16H2,1-8H3. The summed E-state index contributed by atoms with van der Waals surface area (Å²) in [6.07, 6.45) is 3.35. The molecule has 7 heteroatoms. The molecule has 0 saturated carbocycles. The van der Waals surface area contributed by atoms with E-state index in [0.29, 0.717) is 18.6 Å². The molecule has 1 aliphatic rings. The largest absolute Gasteiger partial charge is 0.467 e. The van der Waals surface area contributed by atoms with Crippen molar-refractivity contribution in [3.8, 4) is 0 Å². The number of piperidine rings is 1. The van der Waals surface area contributed by atoms with Gasteiger partial charge in [0.2, 0.25) is 0 Å². The second-order valence-corrected chi connectivity index (χ2v) is 10.4. The lowest BCUT2D eigenvalue weighted by atomic mass is 9.82. The molecule has 0 aromatic carbocycles. The average Bonchev–Trinajstić information content (AvgIpc) is 3.11. The van der Waals surface area contributed by atoms with Crippen molar-refractivity contribution in [1.82, 2.24) is 9.38 Å². The summed E-state index contributed by atoms with van der Waals surface area (Å²) >= 11 is 0. The van der Waals surface area contributed by atoms with Gasteiger partial charge in [0.05, 0.1) is 25.0 Å². The first-order valence-electron chi connectivity index (χ1n) is 11.6. The Balaban J connectivity index is 2.20. The van der Waals surface area contributed by atoms with Gasteiger partial charge < -0.3 is 19.1 Å². The van der Waals surface area contributed by atoms with Crippen LogP contribution in [0.3, 0.4) is 0 Å². The van der Waals surface area contributed by atoms with Crippen LogP contribution >= 0.6 is 0 Å². The summed E-state index contributed by atoms with van der Waals surface area (Å²) in [5.74, 6) is 0.570. The van der Waals surface area contributed by atoms with E-state index in [4.69, 9.17) is 19.2 Å². The van der Waals surface area contributed by atoms with E-state index in [0.717, 1.165) is 54.2 Å². The monoisotopic (exact) mass is 445 g/mol. The molecule has 0 radical (unpaired) electrons. The first-order chi connectivity index (χ1) is 15.0. The zero-order valence-electron chi connectivity index (χ0n) is 20.9. The van der Waals surface area contributed by atoms with Crippen LogP contribution in [-0.4, -0.2) is 47.8 Å². The third-order valence-electron chi connectivity index (χ3n) is 6.04. The molecule has 2 aromatic rings. The number of nitrogens with zero attached hydrogens (tertiary/aromatic N) is 3. The lowest BCUT2D eigenvalue weighted by molar-refractivity contribution is -0.164. The number of aryl methyl sites for hydroxylation is 1. The highest BCUT2D eigenvalue weighted by Crippen LogP contribution is 2.39. The van der Waals surface area contributed by atoms with E-state index in [1.165, 1.54) is 7.11 Å². The number of rotatable bonds is 7. The van der Waals surface area contributed by atoms with Crippen molar-refractivity contribution in [2.75, 3.05) is 31.7 Å². The lowest BCUT2D eigenvalue weighted by Crippen LogP contribution is -2.40. The maximum Gasteiger partial charge on any atom is 0.339 e. The third kappa shape index (κ3) is 5.44. The Bertz CT molecular complexity index is 948. The molecule has 32 heavy (non-hydrogen) atoms. The summed E-state index contributed by atoms with van der Waals surface area (Å²) < 4.78 is 19.2. The summed E-state index contributed by atoms with van der Waals surface area (Å²) in [6.45, 7) is 17.4. The summed E-state index contributed by atoms with van der Waals surface area (Å²) in [5.41, 5.74) is 3.31. The number of fused-ring (bicyclic) bond motifs is 1. The molecule has 1 saturated heterocycles. The van der Waals surface area contributed by atoms with Crippen LogP contribution in [0.2, 0.25) is 0 Å². The molecular weight excluding hydrogens is 406 g/mol. The maximum absolute atomic E-state index is 13.0. The number of aromatic nitrogens is 2. The van der Waals surface area contributed by atoms with Crippen molar-refractivity contribution in [2.24, 2.45) is 5.41 Å². The Morgan fingerprint density at radius 3 is 2.47 bits per heavy atom. The van der Waals surface area contributed by atoms with E-state index < -0.39 is 17.7 Å². The number of ether oxygens (including phenoxy) is 3. The first kappa shape index (κ1) is 24.5. The Labute approximate surface area is 192 Å². The van der Waals surface area contributed by atoms with Gasteiger partial charge in [-0.05, 0) is 64.5 Å². The van der Waals surface area contributed by atoms with Crippen molar-refractivity contribution in [2.45, 2.75) is 79.6 Å². The normalized spacial score (nSPS) is 17.6. The summed E-state index contributed by atoms with van der Waals surface area (Å²) in [6, 6.07) is 2.02. The van der Waals surface area contributed by atoms with E-state index in [1.54, 1.807) is 0 Å². The number of hydrogen-bond acceptors (Lipinski definition) is 6. The number of carbonyl (C=O) groups excluding carboxylic acids is 1. The van der Waals surface area contributed by atoms with E-state index in [9.17, 15) is 4.79 Å². The number of methoxy groups -OCH3 is 1. The molecule has 0 N–H and O–H groups in total. The smallest absolute Gasteiger partial charge is 0.339 e. The fourth-order valence-corrected chi connectivity index (χ4v) is 4.23. The van der Waals surface area contributed by atoms with Crippen LogP contribution in [-0.2, 0) is 25.6 Å². The highest BCUT2D eigenvalue weighted by molar-refractivity contribution is 5.80. The van der Waals surface area contributed by atoms with Gasteiger partial charge in [-0.25, -0.2) is 9.78 Å². The van der Waals surface area contributed by atoms with Crippen LogP contribution in [0.4, 0.5) is 5.82 Å². The number of carbonyl (C=O) groups is 1. The number of pyridine rings is 1. The Kier molecular flexibility index (Phi) is 7.20. The SMILES string of the molecule is CCOCc1cn2c(N3CCC(C)(C)CC3)c(C(OC(C)(C)C)C(=O)OC)c(C)cc2n1. The molecule has 7 nitrogen and oxygen atoms in total. The molecule has 1 fully saturated rings. The minimum absolute atomic E-state index is 0.304. The van der Waals surface area contributed by atoms with Gasteiger partial charge in [-0.2, -0.15) is 0 Å². The van der Waals surface area contributed by atoms with E-state index >= 15 is 0 Å². The van der Waals surface area contributed by atoms with Gasteiger partial charge in [0.25, 0.3) is 0 Å². The molecule has 0 aliphatic carbocycles. The second-order valence-electron chi connectivity index (χ2n) is 10.4. The second kappa shape index (κ2) is 9.40. The van der Waals surface area contributed by atoms with Crippen molar-refractivity contribution >= 4 is 17.4 Å². The van der Waals surface area contributed by atoms with Crippen LogP contribution in [0.15, 0.2) is 12.3 Å². The zero-order chi connectivity index (χ0) is 23.7. The highest BCUT2D eigenvalue weighted by Gasteiger charge is 2.36. The number of esters is 1. The fourth-order valence-electron chi connectivity index (χ4n) is 4.23. The van der Waals surface area contributed by atoms with Crippen LogP contribution in [0, 0.1) is 12.3 Å². The van der Waals surface area contributed by atoms with Gasteiger partial charge in [-0.15, -0.1) is 0 Å². The van der Waals surface area contributed by atoms with Crippen molar-refractivity contribution in [3.05, 3.63) is 29.1 Å². The number of anilines is 1. The molecule has 1 atom stereocenters. The molecule has 1 aliphatic heterocycles. The van der Waals surface area contributed by atoms with Crippen molar-refractivity contribution in [3.63, 3.8) is 0 Å². The maximum atomic E-state index is 13.0. The Morgan fingerprint density at radius 2 is 1.91 bits per heavy atom. The van der Waals surface area contributed by atoms with Crippen LogP contribution in [0.25, 0.3) is 5.65 Å². The van der Waals surface area contributed by atoms with Gasteiger partial charge >= 0.3 is 5.97 Å². The van der Waals surface area contributed by atoms with Crippen LogP contribution in [0.1, 0.15) is 77.3 Å². The van der Waals surface area contributed by atoms with Crippen molar-refractivity contribution < 1.29 is 19.0 Å². The van der Waals surface area contributed by atoms with Gasteiger partial charge in [0.15, 0.2) is 6.10 Å². The van der Waals surface area contributed by atoms with Gasteiger partial charge in [-0.3, -0.25) is 4.40 Å². The third-order valence-corrected chi connectivity index (χ3v) is 6.04. The summed E-state index contributed by atoms with van der Waals surface area (Å²) in [7, 11) is 1.41. The number of hydrogen-bond donors (Lipinski definition) is 0.